The van der Waals surface area contributed by atoms with E-state index in [1.54, 1.807) is 12.4 Å². The van der Waals surface area contributed by atoms with Crippen molar-refractivity contribution in [1.82, 2.24) is 24.8 Å². The van der Waals surface area contributed by atoms with Crippen molar-refractivity contribution in [3.8, 4) is 16.9 Å². The van der Waals surface area contributed by atoms with Crippen molar-refractivity contribution in [2.75, 3.05) is 44.3 Å². The van der Waals surface area contributed by atoms with Crippen LogP contribution in [0.1, 0.15) is 34.8 Å². The molecule has 5 heterocycles. The van der Waals surface area contributed by atoms with Gasteiger partial charge in [-0.05, 0) is 36.6 Å². The summed E-state index contributed by atoms with van der Waals surface area (Å²) in [6.45, 7) is 4.05. The molecule has 1 amide bonds. The molecule has 1 atom stereocenters. The summed E-state index contributed by atoms with van der Waals surface area (Å²) in [5.74, 6) is 0.627. The zero-order valence-electron chi connectivity index (χ0n) is 18.3. The molecule has 3 aromatic rings. The molecule has 2 aliphatic heterocycles. The lowest BCUT2D eigenvalue weighted by Gasteiger charge is -2.34. The first kappa shape index (κ1) is 21.3. The number of hydrogen-bond donors (Lipinski definition) is 1. The molecule has 1 N–H and O–H groups in total. The Morgan fingerprint density at radius 2 is 1.88 bits per heavy atom. The van der Waals surface area contributed by atoms with Crippen LogP contribution in [0.3, 0.4) is 0 Å². The van der Waals surface area contributed by atoms with Gasteiger partial charge in [0.05, 0.1) is 30.7 Å². The van der Waals surface area contributed by atoms with Crippen molar-refractivity contribution < 1.29 is 14.6 Å². The van der Waals surface area contributed by atoms with Crippen LogP contribution in [-0.4, -0.2) is 75.2 Å². The van der Waals surface area contributed by atoms with E-state index in [1.165, 1.54) is 18.5 Å². The predicted octanol–water partition coefficient (Wildman–Crippen LogP) is 2.50. The molecule has 0 saturated carbocycles. The van der Waals surface area contributed by atoms with Gasteiger partial charge < -0.3 is 19.6 Å². The number of pyridine rings is 2. The molecule has 5 rings (SSSR count). The van der Waals surface area contributed by atoms with E-state index in [1.807, 2.05) is 23.2 Å². The number of ether oxygens (including phenoxy) is 1. The maximum atomic E-state index is 13.1. The Morgan fingerprint density at radius 1 is 1.06 bits per heavy atom. The number of hydrogen-bond acceptors (Lipinski definition) is 8. The number of nitrogens with zero attached hydrogens (tertiary/aromatic N) is 6. The SMILES string of the molecule is O=C(c1cncc(O)c1)N1CCCC(c2nc(N3CCOCC3)ncc2-c2ccncc2)C1. The van der Waals surface area contributed by atoms with E-state index in [0.717, 1.165) is 42.8 Å². The second kappa shape index (κ2) is 9.50. The van der Waals surface area contributed by atoms with E-state index in [4.69, 9.17) is 9.72 Å². The summed E-state index contributed by atoms with van der Waals surface area (Å²) >= 11 is 0. The normalized spacial score (nSPS) is 18.8. The topological polar surface area (TPSA) is 105 Å². The molecule has 33 heavy (non-hydrogen) atoms. The maximum absolute atomic E-state index is 13.1. The molecule has 3 aromatic heterocycles. The van der Waals surface area contributed by atoms with Gasteiger partial charge in [0.1, 0.15) is 5.75 Å². The molecule has 0 aromatic carbocycles. The third-order valence-electron chi connectivity index (χ3n) is 6.16. The third-order valence-corrected chi connectivity index (χ3v) is 6.16. The lowest BCUT2D eigenvalue weighted by molar-refractivity contribution is 0.0705. The standard InChI is InChI=1S/C24H26N6O3/c31-20-12-19(13-26-14-20)23(32)30-7-1-2-18(16-30)22-21(17-3-5-25-6-4-17)15-27-24(28-22)29-8-10-33-11-9-29/h3-6,12-15,18,31H,1-2,7-11,16H2. The lowest BCUT2D eigenvalue weighted by atomic mass is 9.90. The highest BCUT2D eigenvalue weighted by molar-refractivity contribution is 5.94. The summed E-state index contributed by atoms with van der Waals surface area (Å²) in [4.78, 5) is 34.9. The smallest absolute Gasteiger partial charge is 0.255 e. The van der Waals surface area contributed by atoms with Gasteiger partial charge in [0.25, 0.3) is 5.91 Å². The predicted molar refractivity (Wildman–Crippen MR) is 122 cm³/mol. The van der Waals surface area contributed by atoms with Crippen LogP contribution in [0, 0.1) is 0 Å². The van der Waals surface area contributed by atoms with Crippen LogP contribution in [-0.2, 0) is 4.74 Å². The molecule has 0 radical (unpaired) electrons. The summed E-state index contributed by atoms with van der Waals surface area (Å²) in [5, 5.41) is 9.74. The molecule has 2 aliphatic rings. The second-order valence-electron chi connectivity index (χ2n) is 8.33. The molecular formula is C24H26N6O3. The zero-order valence-corrected chi connectivity index (χ0v) is 18.3. The van der Waals surface area contributed by atoms with Crippen LogP contribution < -0.4 is 4.90 Å². The van der Waals surface area contributed by atoms with E-state index in [-0.39, 0.29) is 17.6 Å². The van der Waals surface area contributed by atoms with Crippen molar-refractivity contribution in [2.24, 2.45) is 0 Å². The van der Waals surface area contributed by atoms with Crippen LogP contribution in [0.5, 0.6) is 5.75 Å². The molecule has 170 valence electrons. The summed E-state index contributed by atoms with van der Waals surface area (Å²) in [7, 11) is 0. The van der Waals surface area contributed by atoms with E-state index in [9.17, 15) is 9.90 Å². The number of carbonyl (C=O) groups excluding carboxylic acids is 1. The molecule has 1 unspecified atom stereocenters. The Kier molecular flexibility index (Phi) is 6.12. The molecule has 0 spiro atoms. The first-order chi connectivity index (χ1) is 16.2. The van der Waals surface area contributed by atoms with Gasteiger partial charge in [-0.25, -0.2) is 9.97 Å². The zero-order chi connectivity index (χ0) is 22.6. The number of piperidine rings is 1. The fraction of sp³-hybridized carbons (Fsp3) is 0.375. The van der Waals surface area contributed by atoms with Crippen LogP contribution in [0.25, 0.3) is 11.1 Å². The van der Waals surface area contributed by atoms with Gasteiger partial charge in [0.15, 0.2) is 0 Å². The fourth-order valence-corrected chi connectivity index (χ4v) is 4.48. The largest absolute Gasteiger partial charge is 0.506 e. The minimum Gasteiger partial charge on any atom is -0.506 e. The molecule has 9 heteroatoms. The van der Waals surface area contributed by atoms with Gasteiger partial charge >= 0.3 is 0 Å². The molecule has 2 saturated heterocycles. The molecular weight excluding hydrogens is 420 g/mol. The Balaban J connectivity index is 1.47. The van der Waals surface area contributed by atoms with Gasteiger partial charge in [-0.1, -0.05) is 0 Å². The van der Waals surface area contributed by atoms with Gasteiger partial charge in [0.2, 0.25) is 5.95 Å². The Labute approximate surface area is 192 Å². The quantitative estimate of drug-likeness (QED) is 0.652. The highest BCUT2D eigenvalue weighted by atomic mass is 16.5. The maximum Gasteiger partial charge on any atom is 0.255 e. The van der Waals surface area contributed by atoms with E-state index in [0.29, 0.717) is 37.8 Å². The van der Waals surface area contributed by atoms with Crippen molar-refractivity contribution >= 4 is 11.9 Å². The average Bonchev–Trinajstić information content (AvgIpc) is 2.89. The number of anilines is 1. The first-order valence-electron chi connectivity index (χ1n) is 11.2. The van der Waals surface area contributed by atoms with Crippen LogP contribution in [0.2, 0.25) is 0 Å². The average molecular weight is 447 g/mol. The van der Waals surface area contributed by atoms with Crippen LogP contribution in [0.15, 0.2) is 49.2 Å². The Bertz CT molecular complexity index is 1120. The number of likely N-dealkylation sites (tertiary alicyclic amines) is 1. The summed E-state index contributed by atoms with van der Waals surface area (Å²) in [6, 6.07) is 5.38. The number of aromatic nitrogens is 4. The first-order valence-corrected chi connectivity index (χ1v) is 11.2. The van der Waals surface area contributed by atoms with Crippen LogP contribution >= 0.6 is 0 Å². The van der Waals surface area contributed by atoms with E-state index >= 15 is 0 Å². The fourth-order valence-electron chi connectivity index (χ4n) is 4.48. The monoisotopic (exact) mass is 446 g/mol. The van der Waals surface area contributed by atoms with Crippen molar-refractivity contribution in [2.45, 2.75) is 18.8 Å². The Hall–Kier alpha value is -3.59. The van der Waals surface area contributed by atoms with Crippen molar-refractivity contribution in [3.63, 3.8) is 0 Å². The van der Waals surface area contributed by atoms with E-state index < -0.39 is 0 Å². The minimum atomic E-state index is -0.129. The van der Waals surface area contributed by atoms with Crippen molar-refractivity contribution in [1.29, 1.82) is 0 Å². The second-order valence-corrected chi connectivity index (χ2v) is 8.33. The lowest BCUT2D eigenvalue weighted by Crippen LogP contribution is -2.40. The molecule has 2 fully saturated rings. The van der Waals surface area contributed by atoms with Crippen molar-refractivity contribution in [3.05, 3.63) is 60.4 Å². The number of rotatable bonds is 4. The Morgan fingerprint density at radius 3 is 2.67 bits per heavy atom. The summed E-state index contributed by atoms with van der Waals surface area (Å²) in [5.41, 5.74) is 3.31. The van der Waals surface area contributed by atoms with Gasteiger partial charge in [-0.15, -0.1) is 0 Å². The van der Waals surface area contributed by atoms with Gasteiger partial charge in [-0.3, -0.25) is 14.8 Å². The van der Waals surface area contributed by atoms with E-state index in [2.05, 4.69) is 19.9 Å². The molecule has 9 nitrogen and oxygen atoms in total. The van der Waals surface area contributed by atoms with Gasteiger partial charge in [0, 0.05) is 62.4 Å². The number of morpholine rings is 1. The number of carbonyl (C=O) groups is 1. The highest BCUT2D eigenvalue weighted by Gasteiger charge is 2.29. The minimum absolute atomic E-state index is 0.0136. The summed E-state index contributed by atoms with van der Waals surface area (Å²) < 4.78 is 5.48. The number of aromatic hydroxyl groups is 1. The molecule has 0 bridgehead atoms. The third kappa shape index (κ3) is 4.63. The highest BCUT2D eigenvalue weighted by Crippen LogP contribution is 2.34. The number of amides is 1. The van der Waals surface area contributed by atoms with Gasteiger partial charge in [-0.2, -0.15) is 0 Å². The molecule has 0 aliphatic carbocycles. The summed E-state index contributed by atoms with van der Waals surface area (Å²) in [6.07, 6.45) is 10.0. The van der Waals surface area contributed by atoms with Crippen LogP contribution in [0.4, 0.5) is 5.95 Å².